The molecule has 1 aromatic rings. The van der Waals surface area contributed by atoms with Gasteiger partial charge in [-0.25, -0.2) is 9.78 Å². The van der Waals surface area contributed by atoms with Crippen molar-refractivity contribution in [3.8, 4) is 0 Å². The number of urea groups is 1. The molecule has 1 aliphatic carbocycles. The minimum absolute atomic E-state index is 0.00481. The van der Waals surface area contributed by atoms with Crippen molar-refractivity contribution in [2.45, 2.75) is 50.7 Å². The van der Waals surface area contributed by atoms with Crippen LogP contribution in [0.1, 0.15) is 50.3 Å². The molecule has 0 aromatic carbocycles. The van der Waals surface area contributed by atoms with Gasteiger partial charge in [0, 0.05) is 26.2 Å². The first-order valence-corrected chi connectivity index (χ1v) is 8.52. The highest BCUT2D eigenvalue weighted by molar-refractivity contribution is 5.74. The summed E-state index contributed by atoms with van der Waals surface area (Å²) in [7, 11) is 1.97. The molecule has 2 N–H and O–H groups in total. The number of nitrogens with one attached hydrogen (secondary N) is 2. The van der Waals surface area contributed by atoms with Crippen LogP contribution in [0.25, 0.3) is 0 Å². The maximum Gasteiger partial charge on any atom is 0.315 e. The number of allylic oxidation sites excluding steroid dienone is 1. The Hall–Kier alpha value is -1.82. The van der Waals surface area contributed by atoms with Crippen molar-refractivity contribution in [1.29, 1.82) is 0 Å². The van der Waals surface area contributed by atoms with Gasteiger partial charge >= 0.3 is 6.03 Å². The fraction of sp³-hybridized carbons (Fsp3) is 0.647. The number of amides is 2. The number of hydrogen-bond donors (Lipinski definition) is 2. The van der Waals surface area contributed by atoms with Crippen LogP contribution in [0.5, 0.6) is 0 Å². The molecule has 6 heteroatoms. The standard InChI is InChI=1S/C17H26N4O2/c1-21-12-18-11-15(21)16-10-14(7-9-23-16)20-17(22)19-8-6-13-4-2-3-5-13/h4,11-12,14,16H,2-3,5-10H2,1H3,(H2,19,20,22)/t14-,16+/m0/s1. The van der Waals surface area contributed by atoms with E-state index in [0.717, 1.165) is 25.0 Å². The van der Waals surface area contributed by atoms with Crippen LogP contribution in [0.15, 0.2) is 24.2 Å². The average Bonchev–Trinajstić information content (AvgIpc) is 3.19. The van der Waals surface area contributed by atoms with Gasteiger partial charge in [-0.3, -0.25) is 0 Å². The summed E-state index contributed by atoms with van der Waals surface area (Å²) in [4.78, 5) is 16.2. The molecule has 0 unspecified atom stereocenters. The number of carbonyl (C=O) groups is 1. The highest BCUT2D eigenvalue weighted by atomic mass is 16.5. The van der Waals surface area contributed by atoms with Crippen molar-refractivity contribution in [3.63, 3.8) is 0 Å². The normalized spacial score (nSPS) is 24.3. The van der Waals surface area contributed by atoms with Crippen LogP contribution >= 0.6 is 0 Å². The third-order valence-corrected chi connectivity index (χ3v) is 4.67. The number of nitrogens with zero attached hydrogens (tertiary/aromatic N) is 2. The lowest BCUT2D eigenvalue weighted by molar-refractivity contribution is -0.00176. The van der Waals surface area contributed by atoms with Gasteiger partial charge in [-0.1, -0.05) is 11.6 Å². The molecule has 23 heavy (non-hydrogen) atoms. The van der Waals surface area contributed by atoms with E-state index in [-0.39, 0.29) is 18.2 Å². The van der Waals surface area contributed by atoms with E-state index in [4.69, 9.17) is 4.74 Å². The summed E-state index contributed by atoms with van der Waals surface area (Å²) in [5.74, 6) is 0. The summed E-state index contributed by atoms with van der Waals surface area (Å²) in [5.41, 5.74) is 2.54. The second-order valence-corrected chi connectivity index (χ2v) is 6.41. The Morgan fingerprint density at radius 2 is 2.43 bits per heavy atom. The Balaban J connectivity index is 1.42. The van der Waals surface area contributed by atoms with E-state index in [1.54, 1.807) is 6.33 Å². The number of aryl methyl sites for hydroxylation is 1. The quantitative estimate of drug-likeness (QED) is 0.819. The van der Waals surface area contributed by atoms with Gasteiger partial charge in [0.05, 0.1) is 18.2 Å². The molecule has 0 saturated carbocycles. The van der Waals surface area contributed by atoms with E-state index in [2.05, 4.69) is 21.7 Å². The zero-order chi connectivity index (χ0) is 16.1. The molecule has 2 aliphatic rings. The molecule has 0 bridgehead atoms. The lowest BCUT2D eigenvalue weighted by Gasteiger charge is -2.30. The van der Waals surface area contributed by atoms with Crippen molar-refractivity contribution in [2.75, 3.05) is 13.2 Å². The number of carbonyl (C=O) groups excluding carboxylic acids is 1. The highest BCUT2D eigenvalue weighted by Crippen LogP contribution is 2.27. The van der Waals surface area contributed by atoms with Gasteiger partial charge in [0.2, 0.25) is 0 Å². The molecule has 1 aliphatic heterocycles. The third kappa shape index (κ3) is 4.34. The highest BCUT2D eigenvalue weighted by Gasteiger charge is 2.26. The van der Waals surface area contributed by atoms with E-state index >= 15 is 0 Å². The van der Waals surface area contributed by atoms with Crippen molar-refractivity contribution in [3.05, 3.63) is 29.9 Å². The second kappa shape index (κ2) is 7.64. The Morgan fingerprint density at radius 1 is 1.52 bits per heavy atom. The molecule has 6 nitrogen and oxygen atoms in total. The largest absolute Gasteiger partial charge is 0.372 e. The van der Waals surface area contributed by atoms with E-state index in [0.29, 0.717) is 13.2 Å². The summed E-state index contributed by atoms with van der Waals surface area (Å²) in [6.45, 7) is 1.37. The number of aromatic nitrogens is 2. The number of ether oxygens (including phenoxy) is 1. The zero-order valence-corrected chi connectivity index (χ0v) is 13.8. The Labute approximate surface area is 137 Å². The van der Waals surface area contributed by atoms with Crippen LogP contribution in [0.4, 0.5) is 4.79 Å². The van der Waals surface area contributed by atoms with Gasteiger partial charge in [-0.15, -0.1) is 0 Å². The van der Waals surface area contributed by atoms with Crippen molar-refractivity contribution in [2.24, 2.45) is 7.05 Å². The molecule has 0 radical (unpaired) electrons. The van der Waals surface area contributed by atoms with Gasteiger partial charge in [0.1, 0.15) is 6.10 Å². The number of rotatable bonds is 5. The van der Waals surface area contributed by atoms with Crippen LogP contribution < -0.4 is 10.6 Å². The Kier molecular flexibility index (Phi) is 5.33. The predicted molar refractivity (Wildman–Crippen MR) is 88.0 cm³/mol. The molecule has 1 fully saturated rings. The predicted octanol–water partition coefficient (Wildman–Crippen LogP) is 2.44. The SMILES string of the molecule is Cn1cncc1[C@H]1C[C@@H](NC(=O)NCCC2=CCCC2)CCO1. The Bertz CT molecular complexity index is 567. The summed E-state index contributed by atoms with van der Waals surface area (Å²) in [6.07, 6.45) is 12.2. The topological polar surface area (TPSA) is 68.2 Å². The molecule has 1 saturated heterocycles. The van der Waals surface area contributed by atoms with Gasteiger partial charge < -0.3 is 19.9 Å². The molecule has 0 spiro atoms. The summed E-state index contributed by atoms with van der Waals surface area (Å²) < 4.78 is 7.80. The minimum atomic E-state index is -0.0701. The fourth-order valence-corrected chi connectivity index (χ4v) is 3.35. The van der Waals surface area contributed by atoms with Crippen molar-refractivity contribution >= 4 is 6.03 Å². The lowest BCUT2D eigenvalue weighted by atomic mass is 10.0. The molecular weight excluding hydrogens is 292 g/mol. The Morgan fingerprint density at radius 3 is 3.17 bits per heavy atom. The van der Waals surface area contributed by atoms with Gasteiger partial charge in [-0.05, 0) is 38.5 Å². The van der Waals surface area contributed by atoms with Gasteiger partial charge in [0.15, 0.2) is 0 Å². The summed E-state index contributed by atoms with van der Waals surface area (Å²) >= 11 is 0. The smallest absolute Gasteiger partial charge is 0.315 e. The maximum absolute atomic E-state index is 12.0. The first kappa shape index (κ1) is 16.1. The summed E-state index contributed by atoms with van der Waals surface area (Å²) in [5, 5.41) is 6.05. The molecule has 2 amide bonds. The minimum Gasteiger partial charge on any atom is -0.372 e. The van der Waals surface area contributed by atoms with Crippen LogP contribution in [0.2, 0.25) is 0 Å². The van der Waals surface area contributed by atoms with Gasteiger partial charge in [0.25, 0.3) is 0 Å². The van der Waals surface area contributed by atoms with E-state index < -0.39 is 0 Å². The molecule has 126 valence electrons. The van der Waals surface area contributed by atoms with E-state index in [1.165, 1.54) is 24.8 Å². The molecule has 2 atom stereocenters. The van der Waals surface area contributed by atoms with Crippen LogP contribution in [-0.2, 0) is 11.8 Å². The summed E-state index contributed by atoms with van der Waals surface area (Å²) in [6, 6.07) is 0.0774. The van der Waals surface area contributed by atoms with Crippen LogP contribution in [0, 0.1) is 0 Å². The van der Waals surface area contributed by atoms with Crippen LogP contribution in [-0.4, -0.2) is 34.8 Å². The van der Waals surface area contributed by atoms with E-state index in [9.17, 15) is 4.79 Å². The van der Waals surface area contributed by atoms with Crippen molar-refractivity contribution in [1.82, 2.24) is 20.2 Å². The molecule has 1 aromatic heterocycles. The second-order valence-electron chi connectivity index (χ2n) is 6.41. The molecular formula is C17H26N4O2. The zero-order valence-electron chi connectivity index (χ0n) is 13.8. The average molecular weight is 318 g/mol. The molecule has 3 rings (SSSR count). The fourth-order valence-electron chi connectivity index (χ4n) is 3.35. The maximum atomic E-state index is 12.0. The third-order valence-electron chi connectivity index (χ3n) is 4.67. The van der Waals surface area contributed by atoms with Crippen molar-refractivity contribution < 1.29 is 9.53 Å². The number of imidazole rings is 1. The van der Waals surface area contributed by atoms with Gasteiger partial charge in [-0.2, -0.15) is 0 Å². The van der Waals surface area contributed by atoms with E-state index in [1.807, 2.05) is 17.8 Å². The first-order valence-electron chi connectivity index (χ1n) is 8.52. The first-order chi connectivity index (χ1) is 11.2. The lowest BCUT2D eigenvalue weighted by Crippen LogP contribution is -2.45. The monoisotopic (exact) mass is 318 g/mol. The molecule has 2 heterocycles. The number of hydrogen-bond acceptors (Lipinski definition) is 3. The van der Waals surface area contributed by atoms with Crippen LogP contribution in [0.3, 0.4) is 0 Å².